The van der Waals surface area contributed by atoms with Gasteiger partial charge in [0.1, 0.15) is 11.6 Å². The third-order valence-electron chi connectivity index (χ3n) is 1.67. The van der Waals surface area contributed by atoms with Gasteiger partial charge < -0.3 is 11.1 Å². The van der Waals surface area contributed by atoms with Crippen LogP contribution >= 0.6 is 11.3 Å². The van der Waals surface area contributed by atoms with Crippen molar-refractivity contribution in [3.63, 3.8) is 0 Å². The third-order valence-corrected chi connectivity index (χ3v) is 2.50. The molecule has 0 saturated heterocycles. The predicted octanol–water partition coefficient (Wildman–Crippen LogP) is 1.73. The third kappa shape index (κ3) is 2.20. The Bertz CT molecular complexity index is 399. The van der Waals surface area contributed by atoms with Gasteiger partial charge in [-0.3, -0.25) is 0 Å². The summed E-state index contributed by atoms with van der Waals surface area (Å²) in [4.78, 5) is 8.17. The molecule has 0 fully saturated rings. The SMILES string of the molecule is Nc1ccnc(CNc2cccs2)n1. The van der Waals surface area contributed by atoms with Crippen LogP contribution in [0.3, 0.4) is 0 Å². The van der Waals surface area contributed by atoms with Crippen molar-refractivity contribution in [2.24, 2.45) is 0 Å². The van der Waals surface area contributed by atoms with Crippen molar-refractivity contribution in [2.75, 3.05) is 11.1 Å². The monoisotopic (exact) mass is 206 g/mol. The van der Waals surface area contributed by atoms with Crippen LogP contribution in [-0.4, -0.2) is 9.97 Å². The van der Waals surface area contributed by atoms with Crippen molar-refractivity contribution in [2.45, 2.75) is 6.54 Å². The molecule has 0 spiro atoms. The van der Waals surface area contributed by atoms with E-state index >= 15 is 0 Å². The first kappa shape index (κ1) is 8.96. The average molecular weight is 206 g/mol. The van der Waals surface area contributed by atoms with Crippen LogP contribution in [-0.2, 0) is 6.54 Å². The summed E-state index contributed by atoms with van der Waals surface area (Å²) in [6.07, 6.45) is 1.66. The van der Waals surface area contributed by atoms with E-state index in [2.05, 4.69) is 15.3 Å². The van der Waals surface area contributed by atoms with Gasteiger partial charge in [0.2, 0.25) is 0 Å². The second-order valence-corrected chi connectivity index (χ2v) is 3.68. The molecule has 4 nitrogen and oxygen atoms in total. The van der Waals surface area contributed by atoms with E-state index in [9.17, 15) is 0 Å². The Labute approximate surface area is 85.8 Å². The minimum atomic E-state index is 0.503. The maximum atomic E-state index is 5.53. The number of rotatable bonds is 3. The number of hydrogen-bond acceptors (Lipinski definition) is 5. The fourth-order valence-electron chi connectivity index (χ4n) is 1.05. The van der Waals surface area contributed by atoms with E-state index in [1.165, 1.54) is 0 Å². The van der Waals surface area contributed by atoms with Gasteiger partial charge >= 0.3 is 0 Å². The Morgan fingerprint density at radius 2 is 2.36 bits per heavy atom. The lowest BCUT2D eigenvalue weighted by Gasteiger charge is -2.02. The minimum absolute atomic E-state index is 0.503. The molecule has 0 unspecified atom stereocenters. The predicted molar refractivity (Wildman–Crippen MR) is 58.1 cm³/mol. The number of aromatic nitrogens is 2. The van der Waals surface area contributed by atoms with Crippen LogP contribution in [0.4, 0.5) is 10.8 Å². The fraction of sp³-hybridized carbons (Fsp3) is 0.111. The lowest BCUT2D eigenvalue weighted by molar-refractivity contribution is 0.957. The molecule has 0 amide bonds. The highest BCUT2D eigenvalue weighted by Gasteiger charge is 1.97. The van der Waals surface area contributed by atoms with Crippen LogP contribution in [0.25, 0.3) is 0 Å². The van der Waals surface area contributed by atoms with Gasteiger partial charge in [0, 0.05) is 6.20 Å². The molecule has 2 rings (SSSR count). The molecule has 5 heteroatoms. The topological polar surface area (TPSA) is 63.8 Å². The van der Waals surface area contributed by atoms with Crippen molar-refractivity contribution >= 4 is 22.2 Å². The zero-order chi connectivity index (χ0) is 9.80. The van der Waals surface area contributed by atoms with Gasteiger partial charge in [-0.15, -0.1) is 11.3 Å². The zero-order valence-corrected chi connectivity index (χ0v) is 8.29. The summed E-state index contributed by atoms with van der Waals surface area (Å²) >= 11 is 1.65. The highest BCUT2D eigenvalue weighted by Crippen LogP contribution is 2.15. The van der Waals surface area contributed by atoms with Gasteiger partial charge in [0.05, 0.1) is 11.5 Å². The lowest BCUT2D eigenvalue weighted by Crippen LogP contribution is -2.04. The molecule has 0 aliphatic rings. The van der Waals surface area contributed by atoms with Crippen molar-refractivity contribution in [1.82, 2.24) is 9.97 Å². The summed E-state index contributed by atoms with van der Waals surface area (Å²) in [6, 6.07) is 5.68. The van der Waals surface area contributed by atoms with Crippen molar-refractivity contribution < 1.29 is 0 Å². The number of anilines is 2. The molecule has 2 heterocycles. The summed E-state index contributed by atoms with van der Waals surface area (Å²) in [6.45, 7) is 0.603. The molecule has 3 N–H and O–H groups in total. The number of nitrogens with zero attached hydrogens (tertiary/aromatic N) is 2. The first-order chi connectivity index (χ1) is 6.84. The van der Waals surface area contributed by atoms with E-state index in [4.69, 9.17) is 5.73 Å². The molecule has 14 heavy (non-hydrogen) atoms. The Kier molecular flexibility index (Phi) is 2.60. The lowest BCUT2D eigenvalue weighted by atomic mass is 10.5. The number of nitrogens with two attached hydrogens (primary N) is 1. The van der Waals surface area contributed by atoms with Gasteiger partial charge in [-0.05, 0) is 23.6 Å². The molecule has 0 atom stereocenters. The molecule has 0 saturated carbocycles. The normalized spacial score (nSPS) is 10.0. The summed E-state index contributed by atoms with van der Waals surface area (Å²) in [7, 11) is 0. The van der Waals surface area contributed by atoms with Gasteiger partial charge in [0.15, 0.2) is 0 Å². The van der Waals surface area contributed by atoms with Gasteiger partial charge in [-0.1, -0.05) is 0 Å². The van der Waals surface area contributed by atoms with E-state index in [0.29, 0.717) is 18.2 Å². The van der Waals surface area contributed by atoms with Crippen molar-refractivity contribution in [3.8, 4) is 0 Å². The van der Waals surface area contributed by atoms with Crippen LogP contribution < -0.4 is 11.1 Å². The molecule has 0 radical (unpaired) electrons. The maximum Gasteiger partial charge on any atom is 0.149 e. The van der Waals surface area contributed by atoms with E-state index in [-0.39, 0.29) is 0 Å². The Hall–Kier alpha value is -1.62. The van der Waals surface area contributed by atoms with Crippen molar-refractivity contribution in [1.29, 1.82) is 0 Å². The Morgan fingerprint density at radius 1 is 1.43 bits per heavy atom. The number of nitrogen functional groups attached to an aromatic ring is 1. The van der Waals surface area contributed by atoms with Crippen molar-refractivity contribution in [3.05, 3.63) is 35.6 Å². The first-order valence-electron chi connectivity index (χ1n) is 4.19. The number of hydrogen-bond donors (Lipinski definition) is 2. The standard InChI is InChI=1S/C9H10N4S/c10-7-3-4-11-8(13-7)6-12-9-2-1-5-14-9/h1-5,12H,6H2,(H2,10,11,13). The van der Waals surface area contributed by atoms with E-state index < -0.39 is 0 Å². The van der Waals surface area contributed by atoms with Gasteiger partial charge in [0.25, 0.3) is 0 Å². The summed E-state index contributed by atoms with van der Waals surface area (Å²) in [5.41, 5.74) is 5.53. The van der Waals surface area contributed by atoms with Crippen LogP contribution in [0.5, 0.6) is 0 Å². The first-order valence-corrected chi connectivity index (χ1v) is 5.07. The van der Waals surface area contributed by atoms with Gasteiger partial charge in [-0.25, -0.2) is 9.97 Å². The number of thiophene rings is 1. The molecule has 2 aromatic rings. The highest BCUT2D eigenvalue weighted by atomic mass is 32.1. The van der Waals surface area contributed by atoms with E-state index in [0.717, 1.165) is 5.00 Å². The minimum Gasteiger partial charge on any atom is -0.384 e. The largest absolute Gasteiger partial charge is 0.384 e. The summed E-state index contributed by atoms with van der Waals surface area (Å²) in [5.74, 6) is 1.21. The van der Waals surface area contributed by atoms with Gasteiger partial charge in [-0.2, -0.15) is 0 Å². The summed E-state index contributed by atoms with van der Waals surface area (Å²) < 4.78 is 0. The molecule has 0 aliphatic carbocycles. The highest BCUT2D eigenvalue weighted by molar-refractivity contribution is 7.14. The van der Waals surface area contributed by atoms with E-state index in [1.54, 1.807) is 23.6 Å². The fourth-order valence-corrected chi connectivity index (χ4v) is 1.66. The van der Waals surface area contributed by atoms with E-state index in [1.807, 2.05) is 17.5 Å². The molecule has 72 valence electrons. The van der Waals surface area contributed by atoms with Crippen LogP contribution in [0.2, 0.25) is 0 Å². The smallest absolute Gasteiger partial charge is 0.149 e. The number of nitrogens with one attached hydrogen (secondary N) is 1. The second-order valence-electron chi connectivity index (χ2n) is 2.73. The molecule has 0 bridgehead atoms. The summed E-state index contributed by atoms with van der Waals surface area (Å²) in [5, 5.41) is 6.33. The molecule has 0 aromatic carbocycles. The Morgan fingerprint density at radius 3 is 3.07 bits per heavy atom. The second kappa shape index (κ2) is 4.06. The molecule has 2 aromatic heterocycles. The van der Waals surface area contributed by atoms with Crippen LogP contribution in [0, 0.1) is 0 Å². The average Bonchev–Trinajstić information content (AvgIpc) is 2.67. The quantitative estimate of drug-likeness (QED) is 0.802. The van der Waals surface area contributed by atoms with Crippen LogP contribution in [0.1, 0.15) is 5.82 Å². The Balaban J connectivity index is 1.98. The molecular weight excluding hydrogens is 196 g/mol. The van der Waals surface area contributed by atoms with Crippen LogP contribution in [0.15, 0.2) is 29.8 Å². The maximum absolute atomic E-state index is 5.53. The zero-order valence-electron chi connectivity index (χ0n) is 7.47. The molecular formula is C9H10N4S. The molecule has 0 aliphatic heterocycles.